The molecule has 0 saturated heterocycles. The van der Waals surface area contributed by atoms with Crippen molar-refractivity contribution in [2.24, 2.45) is 0 Å². The summed E-state index contributed by atoms with van der Waals surface area (Å²) >= 11 is 0. The fraction of sp³-hybridized carbons (Fsp3) is 0.0500. The number of carbonyl (C=O) groups excluding carboxylic acids is 1. The summed E-state index contributed by atoms with van der Waals surface area (Å²) in [4.78, 5) is 16.4. The Balaban J connectivity index is 1.89. The monoisotopic (exact) mass is 298 g/mol. The number of hydrogen-bond donors (Lipinski definition) is 0. The second-order valence-corrected chi connectivity index (χ2v) is 5.12. The molecule has 0 spiro atoms. The molecule has 0 radical (unpaired) electrons. The largest absolute Gasteiger partial charge is 0.293 e. The average molecular weight is 298 g/mol. The Hall–Kier alpha value is -3.25. The van der Waals surface area contributed by atoms with Gasteiger partial charge in [0.15, 0.2) is 11.7 Å². The first-order chi connectivity index (χ1) is 11.3. The lowest BCUT2D eigenvalue weighted by atomic mass is 9.99. The molecule has 23 heavy (non-hydrogen) atoms. The maximum absolute atomic E-state index is 12.3. The van der Waals surface area contributed by atoms with Crippen LogP contribution < -0.4 is 0 Å². The minimum atomic E-state index is -0.873. The maximum Gasteiger partial charge on any atom is 0.178 e. The molecular weight excluding hydrogens is 284 g/mol. The van der Waals surface area contributed by atoms with Crippen LogP contribution in [0.25, 0.3) is 16.8 Å². The number of fused-ring (bicyclic) bond motifs is 1. The summed E-state index contributed by atoms with van der Waals surface area (Å²) in [5.41, 5.74) is 1.43. The van der Waals surface area contributed by atoms with E-state index in [1.807, 2.05) is 48.5 Å². The summed E-state index contributed by atoms with van der Waals surface area (Å²) in [6, 6.07) is 21.2. The van der Waals surface area contributed by atoms with E-state index in [1.165, 1.54) is 6.08 Å². The molecule has 0 bridgehead atoms. The summed E-state index contributed by atoms with van der Waals surface area (Å²) in [7, 11) is 0. The lowest BCUT2D eigenvalue weighted by Crippen LogP contribution is -2.09. The van der Waals surface area contributed by atoms with E-state index in [0.29, 0.717) is 5.69 Å². The predicted molar refractivity (Wildman–Crippen MR) is 90.6 cm³/mol. The van der Waals surface area contributed by atoms with Gasteiger partial charge in [0.05, 0.1) is 11.8 Å². The molecular formula is C20H14N2O. The standard InChI is InChI=1S/C20H14N2O/c21-14-18(19-10-3-4-13-22-19)20(23)12-11-16-8-5-7-15-6-1-2-9-17(15)16/h1-13,18H/b12-11+/t18-/m1/s1. The van der Waals surface area contributed by atoms with Crippen LogP contribution in [0.1, 0.15) is 17.2 Å². The number of allylic oxidation sites excluding steroid dienone is 1. The summed E-state index contributed by atoms with van der Waals surface area (Å²) in [6.07, 6.45) is 4.81. The van der Waals surface area contributed by atoms with Gasteiger partial charge in [0.1, 0.15) is 0 Å². The molecule has 0 unspecified atom stereocenters. The third kappa shape index (κ3) is 3.17. The zero-order chi connectivity index (χ0) is 16.1. The van der Waals surface area contributed by atoms with Crippen LogP contribution in [-0.2, 0) is 4.79 Å². The highest BCUT2D eigenvalue weighted by atomic mass is 16.1. The van der Waals surface area contributed by atoms with Crippen molar-refractivity contribution in [3.8, 4) is 6.07 Å². The fourth-order valence-electron chi connectivity index (χ4n) is 2.49. The van der Waals surface area contributed by atoms with Crippen LogP contribution in [0.4, 0.5) is 0 Å². The minimum Gasteiger partial charge on any atom is -0.293 e. The van der Waals surface area contributed by atoms with Crippen molar-refractivity contribution in [1.82, 2.24) is 4.98 Å². The number of carbonyl (C=O) groups is 1. The van der Waals surface area contributed by atoms with Crippen LogP contribution in [0.5, 0.6) is 0 Å². The lowest BCUT2D eigenvalue weighted by molar-refractivity contribution is -0.114. The number of ketones is 1. The normalized spacial score (nSPS) is 12.1. The summed E-state index contributed by atoms with van der Waals surface area (Å²) in [5.74, 6) is -1.14. The first kappa shape index (κ1) is 14.7. The van der Waals surface area contributed by atoms with Crippen molar-refractivity contribution >= 4 is 22.6 Å². The number of hydrogen-bond acceptors (Lipinski definition) is 3. The highest BCUT2D eigenvalue weighted by Crippen LogP contribution is 2.20. The smallest absolute Gasteiger partial charge is 0.178 e. The van der Waals surface area contributed by atoms with Crippen LogP contribution in [0, 0.1) is 11.3 Å². The Labute approximate surface area is 134 Å². The second-order valence-electron chi connectivity index (χ2n) is 5.12. The molecule has 3 aromatic rings. The zero-order valence-electron chi connectivity index (χ0n) is 12.4. The molecule has 0 aliphatic heterocycles. The Bertz CT molecular complexity index is 902. The second kappa shape index (κ2) is 6.67. The molecule has 0 amide bonds. The van der Waals surface area contributed by atoms with E-state index in [0.717, 1.165) is 16.3 Å². The first-order valence-corrected chi connectivity index (χ1v) is 7.30. The molecule has 1 aromatic heterocycles. The van der Waals surface area contributed by atoms with Gasteiger partial charge in [-0.3, -0.25) is 9.78 Å². The van der Waals surface area contributed by atoms with Crippen molar-refractivity contribution < 1.29 is 4.79 Å². The van der Waals surface area contributed by atoms with Crippen molar-refractivity contribution in [1.29, 1.82) is 5.26 Å². The van der Waals surface area contributed by atoms with E-state index in [1.54, 1.807) is 30.5 Å². The predicted octanol–water partition coefficient (Wildman–Crippen LogP) is 4.12. The molecule has 0 N–H and O–H groups in total. The van der Waals surface area contributed by atoms with Gasteiger partial charge in [0.25, 0.3) is 0 Å². The van der Waals surface area contributed by atoms with Gasteiger partial charge in [-0.2, -0.15) is 5.26 Å². The summed E-state index contributed by atoms with van der Waals surface area (Å²) in [5, 5.41) is 11.5. The molecule has 0 fully saturated rings. The molecule has 2 aromatic carbocycles. The number of rotatable bonds is 4. The van der Waals surface area contributed by atoms with E-state index in [-0.39, 0.29) is 5.78 Å². The van der Waals surface area contributed by atoms with Gasteiger partial charge in [0, 0.05) is 6.20 Å². The molecule has 110 valence electrons. The minimum absolute atomic E-state index is 0.265. The summed E-state index contributed by atoms with van der Waals surface area (Å²) < 4.78 is 0. The third-order valence-corrected chi connectivity index (χ3v) is 3.65. The van der Waals surface area contributed by atoms with E-state index < -0.39 is 5.92 Å². The Morgan fingerprint density at radius 1 is 1.04 bits per heavy atom. The van der Waals surface area contributed by atoms with Crippen LogP contribution in [0.3, 0.4) is 0 Å². The molecule has 0 saturated carbocycles. The van der Waals surface area contributed by atoms with E-state index in [9.17, 15) is 10.1 Å². The third-order valence-electron chi connectivity index (χ3n) is 3.65. The topological polar surface area (TPSA) is 53.8 Å². The van der Waals surface area contributed by atoms with Crippen molar-refractivity contribution in [3.63, 3.8) is 0 Å². The van der Waals surface area contributed by atoms with Crippen LogP contribution >= 0.6 is 0 Å². The molecule has 3 nitrogen and oxygen atoms in total. The molecule has 1 atom stereocenters. The number of nitrogens with zero attached hydrogens (tertiary/aromatic N) is 2. The molecule has 0 aliphatic carbocycles. The quantitative estimate of drug-likeness (QED) is 0.681. The molecule has 3 rings (SSSR count). The number of benzene rings is 2. The lowest BCUT2D eigenvalue weighted by Gasteiger charge is -2.04. The first-order valence-electron chi connectivity index (χ1n) is 7.30. The van der Waals surface area contributed by atoms with Gasteiger partial charge in [0.2, 0.25) is 0 Å². The molecule has 3 heteroatoms. The average Bonchev–Trinajstić information content (AvgIpc) is 2.61. The van der Waals surface area contributed by atoms with Crippen molar-refractivity contribution in [2.45, 2.75) is 5.92 Å². The highest BCUT2D eigenvalue weighted by molar-refractivity contribution is 6.02. The number of pyridine rings is 1. The van der Waals surface area contributed by atoms with Gasteiger partial charge in [-0.25, -0.2) is 0 Å². The van der Waals surface area contributed by atoms with Crippen LogP contribution in [-0.4, -0.2) is 10.8 Å². The number of aromatic nitrogens is 1. The molecule has 0 aliphatic rings. The Morgan fingerprint density at radius 3 is 2.61 bits per heavy atom. The van der Waals surface area contributed by atoms with Crippen LogP contribution in [0.2, 0.25) is 0 Å². The van der Waals surface area contributed by atoms with Crippen molar-refractivity contribution in [3.05, 3.63) is 84.2 Å². The molecule has 1 heterocycles. The SMILES string of the molecule is N#C[C@@H](C(=O)/C=C/c1cccc2ccccc12)c1ccccn1. The van der Waals surface area contributed by atoms with Gasteiger partial charge in [-0.1, -0.05) is 54.6 Å². The van der Waals surface area contributed by atoms with E-state index in [2.05, 4.69) is 4.98 Å². The Kier molecular flexibility index (Phi) is 4.26. The zero-order valence-corrected chi connectivity index (χ0v) is 12.4. The summed E-state index contributed by atoms with van der Waals surface area (Å²) in [6.45, 7) is 0. The van der Waals surface area contributed by atoms with E-state index >= 15 is 0 Å². The van der Waals surface area contributed by atoms with E-state index in [4.69, 9.17) is 0 Å². The number of nitriles is 1. The van der Waals surface area contributed by atoms with Crippen LogP contribution in [0.15, 0.2) is 72.9 Å². The highest BCUT2D eigenvalue weighted by Gasteiger charge is 2.18. The van der Waals surface area contributed by atoms with Gasteiger partial charge in [-0.05, 0) is 34.5 Å². The van der Waals surface area contributed by atoms with Gasteiger partial charge >= 0.3 is 0 Å². The van der Waals surface area contributed by atoms with Gasteiger partial charge < -0.3 is 0 Å². The van der Waals surface area contributed by atoms with Crippen molar-refractivity contribution in [2.75, 3.05) is 0 Å². The van der Waals surface area contributed by atoms with Gasteiger partial charge in [-0.15, -0.1) is 0 Å². The Morgan fingerprint density at radius 2 is 1.83 bits per heavy atom. The maximum atomic E-state index is 12.3. The fourth-order valence-corrected chi connectivity index (χ4v) is 2.49.